The van der Waals surface area contributed by atoms with Crippen LogP contribution < -0.4 is 5.73 Å². The number of primary amides is 1. The lowest BCUT2D eigenvalue weighted by Crippen LogP contribution is -2.44. The fourth-order valence-corrected chi connectivity index (χ4v) is 2.00. The van der Waals surface area contributed by atoms with Gasteiger partial charge in [-0.3, -0.25) is 4.79 Å². The number of nitrogens with two attached hydrogens (primary N) is 1. The minimum absolute atomic E-state index is 0.112. The van der Waals surface area contributed by atoms with Crippen LogP contribution in [0, 0.1) is 5.92 Å². The molecule has 3 N–H and O–H groups in total. The molecule has 0 bridgehead atoms. The molecule has 6 heteroatoms. The van der Waals surface area contributed by atoms with Gasteiger partial charge in [-0.05, 0) is 5.56 Å². The molecule has 2 atom stereocenters. The number of rotatable bonds is 5. The number of hydrogen-bond acceptors (Lipinski definition) is 4. The van der Waals surface area contributed by atoms with Crippen molar-refractivity contribution in [1.29, 1.82) is 0 Å². The summed E-state index contributed by atoms with van der Waals surface area (Å²) in [6, 6.07) is 8.96. The van der Waals surface area contributed by atoms with E-state index in [1.54, 1.807) is 31.2 Å². The first-order valence-corrected chi connectivity index (χ1v) is 8.93. The lowest BCUT2D eigenvalue weighted by Gasteiger charge is -2.32. The Bertz CT molecular complexity index is 544. The normalized spacial score (nSPS) is 12.6. The van der Waals surface area contributed by atoms with Crippen LogP contribution in [0.4, 0.5) is 0 Å². The van der Waals surface area contributed by atoms with Gasteiger partial charge in [0, 0.05) is 0 Å². The van der Waals surface area contributed by atoms with Crippen LogP contribution in [0.5, 0.6) is 0 Å². The van der Waals surface area contributed by atoms with Crippen molar-refractivity contribution in [3.63, 3.8) is 0 Å². The van der Waals surface area contributed by atoms with E-state index in [1.165, 1.54) is 17.3 Å². The summed E-state index contributed by atoms with van der Waals surface area (Å²) in [6.45, 7) is 13.7. The van der Waals surface area contributed by atoms with Gasteiger partial charge in [0.05, 0.1) is 12.5 Å². The molecule has 6 nitrogen and oxygen atoms in total. The molecular weight excluding hydrogens is 316 g/mol. The molecule has 0 saturated heterocycles. The van der Waals surface area contributed by atoms with Gasteiger partial charge in [0.15, 0.2) is 0 Å². The molecule has 0 saturated carbocycles. The second-order valence-corrected chi connectivity index (χ2v) is 4.51. The first-order valence-electron chi connectivity index (χ1n) is 8.93. The van der Waals surface area contributed by atoms with E-state index in [-0.39, 0.29) is 6.54 Å². The van der Waals surface area contributed by atoms with Crippen LogP contribution in [0.2, 0.25) is 0 Å². The molecule has 0 fully saturated rings. The van der Waals surface area contributed by atoms with Crippen molar-refractivity contribution in [2.24, 2.45) is 11.7 Å². The lowest BCUT2D eigenvalue weighted by atomic mass is 9.81. The zero-order valence-corrected chi connectivity index (χ0v) is 16.6. The van der Waals surface area contributed by atoms with Gasteiger partial charge in [0.1, 0.15) is 18.3 Å². The van der Waals surface area contributed by atoms with E-state index in [2.05, 4.69) is 10.1 Å². The molecule has 1 aromatic carbocycles. The van der Waals surface area contributed by atoms with E-state index < -0.39 is 17.4 Å². The first kappa shape index (κ1) is 25.0. The molecule has 0 aliphatic rings. The Hall–Kier alpha value is -2.21. The highest BCUT2D eigenvalue weighted by molar-refractivity contribution is 5.77. The van der Waals surface area contributed by atoms with Gasteiger partial charge in [0.25, 0.3) is 0 Å². The van der Waals surface area contributed by atoms with Crippen LogP contribution in [0.15, 0.2) is 43.0 Å². The Labute approximate surface area is 152 Å². The maximum Gasteiger partial charge on any atom is 0.223 e. The summed E-state index contributed by atoms with van der Waals surface area (Å²) >= 11 is 0. The molecule has 142 valence electrons. The third kappa shape index (κ3) is 7.47. The van der Waals surface area contributed by atoms with Crippen molar-refractivity contribution in [3.05, 3.63) is 48.5 Å². The lowest BCUT2D eigenvalue weighted by molar-refractivity contribution is -0.132. The van der Waals surface area contributed by atoms with Crippen LogP contribution in [0.3, 0.4) is 0 Å². The van der Waals surface area contributed by atoms with Crippen molar-refractivity contribution in [2.45, 2.75) is 60.6 Å². The zero-order valence-electron chi connectivity index (χ0n) is 16.6. The van der Waals surface area contributed by atoms with Crippen molar-refractivity contribution < 1.29 is 9.90 Å². The number of aromatic nitrogens is 3. The molecule has 1 aromatic heterocycles. The Morgan fingerprint density at radius 2 is 1.68 bits per heavy atom. The van der Waals surface area contributed by atoms with Gasteiger partial charge in [-0.1, -0.05) is 78.8 Å². The molecular formula is C19H34N4O2. The van der Waals surface area contributed by atoms with Crippen LogP contribution >= 0.6 is 0 Å². The van der Waals surface area contributed by atoms with E-state index in [4.69, 9.17) is 5.73 Å². The maximum atomic E-state index is 11.5. The average Bonchev–Trinajstić information content (AvgIpc) is 3.19. The summed E-state index contributed by atoms with van der Waals surface area (Å²) in [4.78, 5) is 15.3. The van der Waals surface area contributed by atoms with Gasteiger partial charge in [-0.25, -0.2) is 9.67 Å². The largest absolute Gasteiger partial charge is 0.382 e. The second-order valence-electron chi connectivity index (χ2n) is 4.51. The Morgan fingerprint density at radius 1 is 1.16 bits per heavy atom. The molecule has 0 aliphatic carbocycles. The third-order valence-electron chi connectivity index (χ3n) is 3.29. The van der Waals surface area contributed by atoms with Gasteiger partial charge >= 0.3 is 0 Å². The molecule has 0 unspecified atom stereocenters. The van der Waals surface area contributed by atoms with Crippen LogP contribution in [-0.4, -0.2) is 25.8 Å². The first-order chi connectivity index (χ1) is 12.0. The highest BCUT2D eigenvalue weighted by atomic mass is 16.3. The van der Waals surface area contributed by atoms with Crippen molar-refractivity contribution in [3.8, 4) is 0 Å². The zero-order chi connectivity index (χ0) is 19.9. The number of aliphatic hydroxyl groups is 1. The quantitative estimate of drug-likeness (QED) is 0.864. The van der Waals surface area contributed by atoms with Crippen LogP contribution in [-0.2, 0) is 16.9 Å². The summed E-state index contributed by atoms with van der Waals surface area (Å²) in [5, 5.41) is 14.9. The molecule has 2 rings (SSSR count). The Morgan fingerprint density at radius 3 is 2.08 bits per heavy atom. The predicted octanol–water partition coefficient (Wildman–Crippen LogP) is 3.37. The summed E-state index contributed by atoms with van der Waals surface area (Å²) in [6.07, 6.45) is 2.86. The number of nitrogens with zero attached hydrogens (tertiary/aromatic N) is 3. The minimum atomic E-state index is -1.42. The number of carbonyl (C=O) groups is 1. The average molecular weight is 351 g/mol. The maximum absolute atomic E-state index is 11.5. The highest BCUT2D eigenvalue weighted by Gasteiger charge is 2.39. The highest BCUT2D eigenvalue weighted by Crippen LogP contribution is 2.31. The monoisotopic (exact) mass is 350 g/mol. The number of amides is 1. The van der Waals surface area contributed by atoms with Gasteiger partial charge in [-0.2, -0.15) is 5.10 Å². The van der Waals surface area contributed by atoms with Crippen molar-refractivity contribution in [2.75, 3.05) is 0 Å². The predicted molar refractivity (Wildman–Crippen MR) is 103 cm³/mol. The summed E-state index contributed by atoms with van der Waals surface area (Å²) in [5.74, 6) is -1.31. The van der Waals surface area contributed by atoms with E-state index in [0.29, 0.717) is 5.56 Å². The summed E-state index contributed by atoms with van der Waals surface area (Å²) in [7, 11) is 0. The topological polar surface area (TPSA) is 94.0 Å². The summed E-state index contributed by atoms with van der Waals surface area (Å²) < 4.78 is 1.48. The third-order valence-corrected chi connectivity index (χ3v) is 3.29. The van der Waals surface area contributed by atoms with Crippen LogP contribution in [0.25, 0.3) is 0 Å². The van der Waals surface area contributed by atoms with Crippen molar-refractivity contribution in [1.82, 2.24) is 14.8 Å². The standard InChI is InChI=1S/C13H16N4O2.3C2H6/c1-10(12(14)18)13(19,7-17-9-15-8-16-17)11-5-3-2-4-6-11;3*1-2/h2-6,8-10,19H,7H2,1H3,(H2,14,18);3*1-2H3/t10-,13+;;;/m0.../s1. The Balaban J connectivity index is 0. The number of hydrogen-bond donors (Lipinski definition) is 2. The molecule has 1 amide bonds. The fourth-order valence-electron chi connectivity index (χ4n) is 2.00. The summed E-state index contributed by atoms with van der Waals surface area (Å²) in [5.41, 5.74) is 4.55. The SMILES string of the molecule is CC.CC.CC.C[C@@H](C(N)=O)[C@](O)(Cn1cncn1)c1ccccc1. The van der Waals surface area contributed by atoms with E-state index in [1.807, 2.05) is 47.6 Å². The van der Waals surface area contributed by atoms with Gasteiger partial charge in [-0.15, -0.1) is 0 Å². The van der Waals surface area contributed by atoms with E-state index >= 15 is 0 Å². The van der Waals surface area contributed by atoms with E-state index in [9.17, 15) is 9.90 Å². The molecule has 2 aromatic rings. The molecule has 1 heterocycles. The molecule has 0 spiro atoms. The molecule has 25 heavy (non-hydrogen) atoms. The molecule has 0 aliphatic heterocycles. The fraction of sp³-hybridized carbons (Fsp3) is 0.526. The smallest absolute Gasteiger partial charge is 0.223 e. The number of carbonyl (C=O) groups excluding carboxylic acids is 1. The molecule has 0 radical (unpaired) electrons. The minimum Gasteiger partial charge on any atom is -0.382 e. The van der Waals surface area contributed by atoms with E-state index in [0.717, 1.165) is 0 Å². The number of benzene rings is 1. The van der Waals surface area contributed by atoms with Crippen molar-refractivity contribution >= 4 is 5.91 Å². The van der Waals surface area contributed by atoms with Crippen LogP contribution in [0.1, 0.15) is 54.0 Å². The Kier molecular flexibility index (Phi) is 14.2. The van der Waals surface area contributed by atoms with Gasteiger partial charge < -0.3 is 10.8 Å². The second kappa shape index (κ2) is 14.2. The van der Waals surface area contributed by atoms with Gasteiger partial charge in [0.2, 0.25) is 5.91 Å².